The van der Waals surface area contributed by atoms with E-state index < -0.39 is 26.4 Å². The molecular formula is C20H21ClN4O5S2. The maximum Gasteiger partial charge on any atom is 0.270 e. The van der Waals surface area contributed by atoms with Gasteiger partial charge in [-0.05, 0) is 57.4 Å². The monoisotopic (exact) mass is 496 g/mol. The summed E-state index contributed by atoms with van der Waals surface area (Å²) in [5.74, 6) is -1.35. The Kier molecular flexibility index (Phi) is 7.44. The standard InChI is InChI=1S/C20H21ClN4O5S2/c1-23(2)10-3-11-24(19(26)13-32(29,30)16-7-4-14(21)5-8-16)20-22-17-9-6-15(25(27)28)12-18(17)31-20/h4-9,12H,3,10-11,13H2,1-2H3. The number of sulfone groups is 1. The number of nitrogens with zero attached hydrogens (tertiary/aromatic N) is 4. The van der Waals surface area contributed by atoms with E-state index in [1.165, 1.54) is 47.4 Å². The third-order valence-electron chi connectivity index (χ3n) is 4.58. The van der Waals surface area contributed by atoms with Crippen molar-refractivity contribution in [2.75, 3.05) is 37.8 Å². The summed E-state index contributed by atoms with van der Waals surface area (Å²) in [4.78, 5) is 31.4. The lowest BCUT2D eigenvalue weighted by Crippen LogP contribution is -2.37. The zero-order valence-corrected chi connectivity index (χ0v) is 19.8. The van der Waals surface area contributed by atoms with Crippen LogP contribution in [0.2, 0.25) is 5.02 Å². The van der Waals surface area contributed by atoms with E-state index in [-0.39, 0.29) is 17.1 Å². The zero-order valence-electron chi connectivity index (χ0n) is 17.4. The van der Waals surface area contributed by atoms with Gasteiger partial charge in [-0.3, -0.25) is 19.8 Å². The summed E-state index contributed by atoms with van der Waals surface area (Å²) in [7, 11) is -0.0978. The second kappa shape index (κ2) is 9.90. The number of carbonyl (C=O) groups is 1. The van der Waals surface area contributed by atoms with Gasteiger partial charge in [0.15, 0.2) is 15.0 Å². The lowest BCUT2D eigenvalue weighted by Gasteiger charge is -2.21. The van der Waals surface area contributed by atoms with Crippen LogP contribution in [-0.2, 0) is 14.6 Å². The quantitative estimate of drug-likeness (QED) is 0.328. The SMILES string of the molecule is CN(C)CCCN(C(=O)CS(=O)(=O)c1ccc(Cl)cc1)c1nc2ccc([N+](=O)[O-])cc2s1. The second-order valence-corrected chi connectivity index (χ2v) is 10.8. The Morgan fingerprint density at radius 3 is 2.47 bits per heavy atom. The number of nitro benzene ring substituents is 1. The summed E-state index contributed by atoms with van der Waals surface area (Å²) in [6.07, 6.45) is 0.593. The van der Waals surface area contributed by atoms with E-state index in [4.69, 9.17) is 11.6 Å². The topological polar surface area (TPSA) is 114 Å². The molecular weight excluding hydrogens is 476 g/mol. The van der Waals surface area contributed by atoms with Gasteiger partial charge in [0.05, 0.1) is 20.0 Å². The van der Waals surface area contributed by atoms with Crippen LogP contribution in [-0.4, -0.2) is 62.1 Å². The first kappa shape index (κ1) is 24.1. The van der Waals surface area contributed by atoms with Crippen LogP contribution in [0.4, 0.5) is 10.8 Å². The smallest absolute Gasteiger partial charge is 0.270 e. The van der Waals surface area contributed by atoms with Crippen LogP contribution in [0.1, 0.15) is 6.42 Å². The Hall–Kier alpha value is -2.60. The van der Waals surface area contributed by atoms with E-state index in [9.17, 15) is 23.3 Å². The van der Waals surface area contributed by atoms with Gasteiger partial charge in [0.1, 0.15) is 5.75 Å². The summed E-state index contributed by atoms with van der Waals surface area (Å²) in [5, 5.41) is 11.8. The molecule has 0 aliphatic heterocycles. The first-order chi connectivity index (χ1) is 15.1. The number of non-ortho nitro benzene ring substituents is 1. The highest BCUT2D eigenvalue weighted by Gasteiger charge is 2.26. The van der Waals surface area contributed by atoms with Gasteiger partial charge in [-0.1, -0.05) is 22.9 Å². The number of nitro groups is 1. The number of aromatic nitrogens is 1. The molecule has 12 heteroatoms. The molecule has 0 atom stereocenters. The Morgan fingerprint density at radius 1 is 1.16 bits per heavy atom. The van der Waals surface area contributed by atoms with Gasteiger partial charge in [0.2, 0.25) is 5.91 Å². The molecule has 32 heavy (non-hydrogen) atoms. The van der Waals surface area contributed by atoms with E-state index in [1.54, 1.807) is 0 Å². The zero-order chi connectivity index (χ0) is 23.5. The third kappa shape index (κ3) is 5.80. The van der Waals surface area contributed by atoms with Crippen LogP contribution in [0.5, 0.6) is 0 Å². The maximum atomic E-state index is 13.1. The van der Waals surface area contributed by atoms with Gasteiger partial charge in [0.25, 0.3) is 5.69 Å². The van der Waals surface area contributed by atoms with Crippen LogP contribution >= 0.6 is 22.9 Å². The van der Waals surface area contributed by atoms with Crippen molar-refractivity contribution in [2.45, 2.75) is 11.3 Å². The second-order valence-electron chi connectivity index (χ2n) is 7.32. The van der Waals surface area contributed by atoms with Crippen molar-refractivity contribution in [3.63, 3.8) is 0 Å². The van der Waals surface area contributed by atoms with Crippen molar-refractivity contribution in [1.82, 2.24) is 9.88 Å². The summed E-state index contributed by atoms with van der Waals surface area (Å²) < 4.78 is 26.1. The summed E-state index contributed by atoms with van der Waals surface area (Å²) in [6.45, 7) is 0.944. The number of carbonyl (C=O) groups excluding carboxylic acids is 1. The van der Waals surface area contributed by atoms with Crippen molar-refractivity contribution in [1.29, 1.82) is 0 Å². The van der Waals surface area contributed by atoms with E-state index in [1.807, 2.05) is 19.0 Å². The number of halogens is 1. The number of anilines is 1. The highest BCUT2D eigenvalue weighted by molar-refractivity contribution is 7.92. The highest BCUT2D eigenvalue weighted by atomic mass is 35.5. The predicted octanol–water partition coefficient (Wildman–Crippen LogP) is 3.62. The number of thiazole rings is 1. The molecule has 0 aliphatic rings. The lowest BCUT2D eigenvalue weighted by molar-refractivity contribution is -0.384. The van der Waals surface area contributed by atoms with Gasteiger partial charge >= 0.3 is 0 Å². The third-order valence-corrected chi connectivity index (χ3v) is 7.49. The number of amides is 1. The average molecular weight is 497 g/mol. The van der Waals surface area contributed by atoms with Crippen molar-refractivity contribution < 1.29 is 18.1 Å². The van der Waals surface area contributed by atoms with Gasteiger partial charge in [-0.25, -0.2) is 13.4 Å². The maximum absolute atomic E-state index is 13.1. The van der Waals surface area contributed by atoms with E-state index in [0.29, 0.717) is 33.3 Å². The molecule has 0 saturated heterocycles. The Labute approximate surface area is 194 Å². The van der Waals surface area contributed by atoms with Gasteiger partial charge in [-0.15, -0.1) is 0 Å². The molecule has 0 unspecified atom stereocenters. The number of benzene rings is 2. The molecule has 0 spiro atoms. The molecule has 0 radical (unpaired) electrons. The normalized spacial score (nSPS) is 11.8. The van der Waals surface area contributed by atoms with Gasteiger partial charge in [0, 0.05) is 23.7 Å². The van der Waals surface area contributed by atoms with Crippen LogP contribution in [0, 0.1) is 10.1 Å². The number of hydrogen-bond acceptors (Lipinski definition) is 8. The van der Waals surface area contributed by atoms with Crippen LogP contribution < -0.4 is 4.90 Å². The molecule has 0 saturated carbocycles. The minimum Gasteiger partial charge on any atom is -0.309 e. The molecule has 1 amide bonds. The fourth-order valence-electron chi connectivity index (χ4n) is 2.97. The Balaban J connectivity index is 1.91. The fraction of sp³-hybridized carbons (Fsp3) is 0.300. The molecule has 0 N–H and O–H groups in total. The number of hydrogen-bond donors (Lipinski definition) is 0. The van der Waals surface area contributed by atoms with E-state index in [0.717, 1.165) is 11.3 Å². The molecule has 2 aromatic carbocycles. The van der Waals surface area contributed by atoms with E-state index in [2.05, 4.69) is 4.98 Å². The first-order valence-electron chi connectivity index (χ1n) is 9.55. The molecule has 0 aliphatic carbocycles. The van der Waals surface area contributed by atoms with Gasteiger partial charge in [-0.2, -0.15) is 0 Å². The minimum absolute atomic E-state index is 0.00316. The van der Waals surface area contributed by atoms with Gasteiger partial charge < -0.3 is 4.90 Å². The van der Waals surface area contributed by atoms with E-state index >= 15 is 0 Å². The highest BCUT2D eigenvalue weighted by Crippen LogP contribution is 2.32. The molecule has 1 heterocycles. The predicted molar refractivity (Wildman–Crippen MR) is 125 cm³/mol. The van der Waals surface area contributed by atoms with Crippen molar-refractivity contribution in [3.05, 3.63) is 57.6 Å². The molecule has 9 nitrogen and oxygen atoms in total. The van der Waals surface area contributed by atoms with Crippen molar-refractivity contribution in [3.8, 4) is 0 Å². The van der Waals surface area contributed by atoms with Crippen molar-refractivity contribution in [2.24, 2.45) is 0 Å². The number of fused-ring (bicyclic) bond motifs is 1. The summed E-state index contributed by atoms with van der Waals surface area (Å²) in [5.41, 5.74) is 0.421. The largest absolute Gasteiger partial charge is 0.309 e. The minimum atomic E-state index is -3.89. The van der Waals surface area contributed by atoms with Crippen LogP contribution in [0.3, 0.4) is 0 Å². The number of rotatable bonds is 9. The molecule has 0 bridgehead atoms. The van der Waals surface area contributed by atoms with Crippen molar-refractivity contribution >= 4 is 59.7 Å². The molecule has 3 aromatic rings. The molecule has 1 aromatic heterocycles. The molecule has 170 valence electrons. The fourth-order valence-corrected chi connectivity index (χ4v) is 5.33. The Morgan fingerprint density at radius 2 is 1.84 bits per heavy atom. The van der Waals surface area contributed by atoms with Crippen LogP contribution in [0.25, 0.3) is 10.2 Å². The summed E-state index contributed by atoms with van der Waals surface area (Å²) >= 11 is 6.94. The van der Waals surface area contributed by atoms with Crippen LogP contribution in [0.15, 0.2) is 47.4 Å². The molecule has 0 fully saturated rings. The lowest BCUT2D eigenvalue weighted by atomic mass is 10.3. The summed E-state index contributed by atoms with van der Waals surface area (Å²) in [6, 6.07) is 9.87. The Bertz CT molecular complexity index is 1240. The molecule has 3 rings (SSSR count). The first-order valence-corrected chi connectivity index (χ1v) is 12.4. The average Bonchev–Trinajstić information content (AvgIpc) is 3.13.